The molecule has 148 valence electrons. The van der Waals surface area contributed by atoms with Crippen molar-refractivity contribution < 1.29 is 19.4 Å². The van der Waals surface area contributed by atoms with Crippen molar-refractivity contribution in [2.24, 2.45) is 0 Å². The molecule has 6 heteroatoms. The summed E-state index contributed by atoms with van der Waals surface area (Å²) >= 11 is 0. The lowest BCUT2D eigenvalue weighted by molar-refractivity contribution is -0.125. The van der Waals surface area contributed by atoms with Crippen molar-refractivity contribution >= 4 is 22.4 Å². The fraction of sp³-hybridized carbons (Fsp3) is 0.0833. The van der Waals surface area contributed by atoms with Crippen molar-refractivity contribution in [3.8, 4) is 28.4 Å². The zero-order valence-corrected chi connectivity index (χ0v) is 15.9. The molecule has 0 radical (unpaired) electrons. The summed E-state index contributed by atoms with van der Waals surface area (Å²) in [6.07, 6.45) is 2.55. The van der Waals surface area contributed by atoms with Gasteiger partial charge in [-0.25, -0.2) is 0 Å². The lowest BCUT2D eigenvalue weighted by atomic mass is 10.1. The molecule has 1 atom stereocenters. The number of pyridine rings is 1. The van der Waals surface area contributed by atoms with Crippen molar-refractivity contribution in [2.75, 3.05) is 11.9 Å². The maximum atomic E-state index is 12.8. The second kappa shape index (κ2) is 7.40. The summed E-state index contributed by atoms with van der Waals surface area (Å²) in [7, 11) is 0. The number of phenols is 1. The van der Waals surface area contributed by atoms with Gasteiger partial charge in [0.05, 0.1) is 5.69 Å². The second-order valence-electron chi connectivity index (χ2n) is 7.02. The summed E-state index contributed by atoms with van der Waals surface area (Å²) < 4.78 is 11.7. The number of rotatable bonds is 3. The van der Waals surface area contributed by atoms with Gasteiger partial charge in [0.15, 0.2) is 11.5 Å². The number of benzene rings is 3. The molecule has 0 spiro atoms. The molecule has 30 heavy (non-hydrogen) atoms. The Morgan fingerprint density at radius 2 is 1.67 bits per heavy atom. The molecule has 5 rings (SSSR count). The van der Waals surface area contributed by atoms with E-state index in [4.69, 9.17) is 9.47 Å². The number of nitrogens with zero attached hydrogens (tertiary/aromatic N) is 1. The van der Waals surface area contributed by atoms with Gasteiger partial charge in [0.1, 0.15) is 12.4 Å². The molecule has 0 fully saturated rings. The molecule has 6 nitrogen and oxygen atoms in total. The molecule has 1 aliphatic heterocycles. The highest BCUT2D eigenvalue weighted by Gasteiger charge is 2.28. The fourth-order valence-electron chi connectivity index (χ4n) is 3.46. The fourth-order valence-corrected chi connectivity index (χ4v) is 3.46. The first-order chi connectivity index (χ1) is 14.7. The molecule has 2 heterocycles. The van der Waals surface area contributed by atoms with Crippen molar-refractivity contribution in [2.45, 2.75) is 6.10 Å². The number of nitrogens with one attached hydrogen (secondary N) is 1. The topological polar surface area (TPSA) is 80.7 Å². The maximum absolute atomic E-state index is 12.8. The molecule has 0 aliphatic carbocycles. The Kier molecular flexibility index (Phi) is 4.44. The van der Waals surface area contributed by atoms with Gasteiger partial charge in [-0.1, -0.05) is 30.3 Å². The number of aromatic nitrogens is 1. The van der Waals surface area contributed by atoms with Gasteiger partial charge in [-0.2, -0.15) is 0 Å². The van der Waals surface area contributed by atoms with Gasteiger partial charge in [0.25, 0.3) is 5.91 Å². The Labute approximate surface area is 172 Å². The summed E-state index contributed by atoms with van der Waals surface area (Å²) in [6.45, 7) is 0.0853. The van der Waals surface area contributed by atoms with Crippen LogP contribution in [0.3, 0.4) is 0 Å². The molecule has 4 aromatic rings. The van der Waals surface area contributed by atoms with Crippen LogP contribution < -0.4 is 14.8 Å². The molecule has 1 aromatic heterocycles. The average Bonchev–Trinajstić information content (AvgIpc) is 2.79. The minimum Gasteiger partial charge on any atom is -0.506 e. The summed E-state index contributed by atoms with van der Waals surface area (Å²) in [4.78, 5) is 16.8. The van der Waals surface area contributed by atoms with Gasteiger partial charge in [0, 0.05) is 12.4 Å². The average molecular weight is 398 g/mol. The summed E-state index contributed by atoms with van der Waals surface area (Å²) in [5.41, 5.74) is 2.09. The third kappa shape index (κ3) is 3.39. The standard InChI is InChI=1S/C24H18N2O4/c27-20-6-5-18(15-7-9-25-10-8-15)11-19(20)26-24(28)23-14-29-21-12-16-3-1-2-4-17(16)13-22(21)30-23/h1-13,23,27H,14H2,(H,26,28). The highest BCUT2D eigenvalue weighted by Crippen LogP contribution is 2.36. The zero-order valence-electron chi connectivity index (χ0n) is 15.9. The molecule has 1 aliphatic rings. The van der Waals surface area contributed by atoms with Crippen molar-refractivity contribution in [3.05, 3.63) is 79.1 Å². The smallest absolute Gasteiger partial charge is 0.269 e. The van der Waals surface area contributed by atoms with Crippen LogP contribution in [0.4, 0.5) is 5.69 Å². The minimum absolute atomic E-state index is 0.0238. The molecular weight excluding hydrogens is 380 g/mol. The van der Waals surface area contributed by atoms with Gasteiger partial charge in [-0.3, -0.25) is 9.78 Å². The molecule has 0 saturated carbocycles. The monoisotopic (exact) mass is 398 g/mol. The van der Waals surface area contributed by atoms with Gasteiger partial charge in [0.2, 0.25) is 6.10 Å². The number of hydrogen-bond donors (Lipinski definition) is 2. The van der Waals surface area contributed by atoms with Crippen molar-refractivity contribution in [1.82, 2.24) is 4.98 Å². The van der Waals surface area contributed by atoms with E-state index in [2.05, 4.69) is 10.3 Å². The SMILES string of the molecule is O=C(Nc1cc(-c2ccncc2)ccc1O)C1COc2cc3ccccc3cc2O1. The van der Waals surface area contributed by atoms with Crippen LogP contribution in [0.1, 0.15) is 0 Å². The van der Waals surface area contributed by atoms with Crippen LogP contribution in [0.2, 0.25) is 0 Å². The van der Waals surface area contributed by atoms with Crippen LogP contribution >= 0.6 is 0 Å². The first-order valence-electron chi connectivity index (χ1n) is 9.54. The van der Waals surface area contributed by atoms with Crippen LogP contribution in [0.15, 0.2) is 79.1 Å². The van der Waals surface area contributed by atoms with Gasteiger partial charge in [-0.05, 0) is 58.3 Å². The predicted molar refractivity (Wildman–Crippen MR) is 114 cm³/mol. The van der Waals surface area contributed by atoms with E-state index in [0.29, 0.717) is 17.2 Å². The van der Waals surface area contributed by atoms with E-state index in [9.17, 15) is 9.90 Å². The lowest BCUT2D eigenvalue weighted by Crippen LogP contribution is -2.40. The van der Waals surface area contributed by atoms with E-state index in [1.165, 1.54) is 0 Å². The lowest BCUT2D eigenvalue weighted by Gasteiger charge is -2.26. The summed E-state index contributed by atoms with van der Waals surface area (Å²) in [5, 5.41) is 15.0. The molecule has 2 N–H and O–H groups in total. The first-order valence-corrected chi connectivity index (χ1v) is 9.54. The van der Waals surface area contributed by atoms with Crippen LogP contribution in [0.25, 0.3) is 21.9 Å². The van der Waals surface area contributed by atoms with E-state index in [1.54, 1.807) is 30.6 Å². The van der Waals surface area contributed by atoms with Crippen molar-refractivity contribution in [3.63, 3.8) is 0 Å². The Bertz CT molecular complexity index is 1240. The maximum Gasteiger partial charge on any atom is 0.269 e. The summed E-state index contributed by atoms with van der Waals surface area (Å²) in [6, 6.07) is 20.4. The van der Waals surface area contributed by atoms with Crippen LogP contribution in [-0.4, -0.2) is 28.7 Å². The first kappa shape index (κ1) is 18.0. The summed E-state index contributed by atoms with van der Waals surface area (Å²) in [5.74, 6) is 0.718. The van der Waals surface area contributed by atoms with E-state index in [-0.39, 0.29) is 12.4 Å². The molecule has 1 amide bonds. The van der Waals surface area contributed by atoms with Crippen LogP contribution in [0.5, 0.6) is 17.2 Å². The number of carbonyl (C=O) groups excluding carboxylic acids is 1. The molecular formula is C24H18N2O4. The van der Waals surface area contributed by atoms with Crippen molar-refractivity contribution in [1.29, 1.82) is 0 Å². The number of amides is 1. The number of anilines is 1. The third-order valence-corrected chi connectivity index (χ3v) is 5.03. The Balaban J connectivity index is 1.37. The number of aromatic hydroxyl groups is 1. The normalized spacial score (nSPS) is 15.0. The van der Waals surface area contributed by atoms with Crippen LogP contribution in [-0.2, 0) is 4.79 Å². The minimum atomic E-state index is -0.831. The van der Waals surface area contributed by atoms with Gasteiger partial charge in [-0.15, -0.1) is 0 Å². The van der Waals surface area contributed by atoms with Crippen LogP contribution in [0, 0.1) is 0 Å². The Morgan fingerprint density at radius 1 is 0.933 bits per heavy atom. The van der Waals surface area contributed by atoms with E-state index in [0.717, 1.165) is 21.9 Å². The molecule has 0 bridgehead atoms. The number of hydrogen-bond acceptors (Lipinski definition) is 5. The molecule has 1 unspecified atom stereocenters. The molecule has 3 aromatic carbocycles. The number of carbonyl (C=O) groups is 1. The largest absolute Gasteiger partial charge is 0.506 e. The third-order valence-electron chi connectivity index (χ3n) is 5.03. The Morgan fingerprint density at radius 3 is 2.43 bits per heavy atom. The number of phenolic OH excluding ortho intramolecular Hbond substituents is 1. The van der Waals surface area contributed by atoms with Gasteiger partial charge >= 0.3 is 0 Å². The Hall–Kier alpha value is -4.06. The predicted octanol–water partition coefficient (Wildman–Crippen LogP) is 4.39. The quantitative estimate of drug-likeness (QED) is 0.501. The second-order valence-corrected chi connectivity index (χ2v) is 7.02. The van der Waals surface area contributed by atoms with E-state index in [1.807, 2.05) is 48.5 Å². The highest BCUT2D eigenvalue weighted by atomic mass is 16.6. The highest BCUT2D eigenvalue weighted by molar-refractivity contribution is 5.97. The van der Waals surface area contributed by atoms with E-state index < -0.39 is 12.0 Å². The number of ether oxygens (including phenoxy) is 2. The van der Waals surface area contributed by atoms with Gasteiger partial charge < -0.3 is 19.9 Å². The zero-order chi connectivity index (χ0) is 20.5. The molecule has 0 saturated heterocycles. The van der Waals surface area contributed by atoms with E-state index >= 15 is 0 Å². The number of fused-ring (bicyclic) bond motifs is 2.